The van der Waals surface area contributed by atoms with Gasteiger partial charge < -0.3 is 5.11 Å². The van der Waals surface area contributed by atoms with E-state index in [1.807, 2.05) is 12.1 Å². The van der Waals surface area contributed by atoms with Gasteiger partial charge >= 0.3 is 6.15 Å². The minimum Gasteiger partial charge on any atom is -0.508 e. The van der Waals surface area contributed by atoms with Crippen molar-refractivity contribution in [1.82, 2.24) is 0 Å². The van der Waals surface area contributed by atoms with Crippen LogP contribution in [0.3, 0.4) is 0 Å². The zero-order chi connectivity index (χ0) is 14.6. The summed E-state index contributed by atoms with van der Waals surface area (Å²) in [7, 11) is 0. The van der Waals surface area contributed by atoms with E-state index in [-0.39, 0.29) is 6.15 Å². The molecule has 0 bridgehead atoms. The summed E-state index contributed by atoms with van der Waals surface area (Å²) in [6.45, 7) is 0. The van der Waals surface area contributed by atoms with Crippen LogP contribution in [0.2, 0.25) is 0 Å². The van der Waals surface area contributed by atoms with E-state index in [0.29, 0.717) is 5.75 Å². The lowest BCUT2D eigenvalue weighted by atomic mass is 10.0. The molecule has 0 amide bonds. The second-order valence-corrected chi connectivity index (χ2v) is 4.44. The van der Waals surface area contributed by atoms with Crippen molar-refractivity contribution in [2.45, 2.75) is 25.7 Å². The predicted molar refractivity (Wildman–Crippen MR) is 76.2 cm³/mol. The molecule has 0 heterocycles. The lowest BCUT2D eigenvalue weighted by Gasteiger charge is -2.02. The van der Waals surface area contributed by atoms with Gasteiger partial charge in [-0.2, -0.15) is 9.59 Å². The molecule has 0 fully saturated rings. The molecule has 2 aromatic rings. The second kappa shape index (κ2) is 9.54. The van der Waals surface area contributed by atoms with Gasteiger partial charge in [-0.05, 0) is 48.9 Å². The van der Waals surface area contributed by atoms with Crippen LogP contribution in [-0.2, 0) is 22.4 Å². The summed E-state index contributed by atoms with van der Waals surface area (Å²) in [6.07, 6.45) is 4.90. The number of hydrogen-bond donors (Lipinski definition) is 1. The highest BCUT2D eigenvalue weighted by atomic mass is 16.3. The Kier molecular flexibility index (Phi) is 7.48. The summed E-state index contributed by atoms with van der Waals surface area (Å²) in [5.41, 5.74) is 2.72. The lowest BCUT2D eigenvalue weighted by molar-refractivity contribution is -0.191. The molecule has 0 spiro atoms. The Balaban J connectivity index is 0.000000612. The highest BCUT2D eigenvalue weighted by Gasteiger charge is 1.95. The highest BCUT2D eigenvalue weighted by molar-refractivity contribution is 5.25. The van der Waals surface area contributed by atoms with Crippen LogP contribution in [0, 0.1) is 0 Å². The van der Waals surface area contributed by atoms with Gasteiger partial charge in [-0.15, -0.1) is 0 Å². The molecule has 0 unspecified atom stereocenters. The van der Waals surface area contributed by atoms with Crippen LogP contribution in [0.5, 0.6) is 5.75 Å². The van der Waals surface area contributed by atoms with Crippen molar-refractivity contribution in [3.05, 3.63) is 65.7 Å². The molecule has 2 rings (SSSR count). The summed E-state index contributed by atoms with van der Waals surface area (Å²) in [4.78, 5) is 16.2. The van der Waals surface area contributed by atoms with Gasteiger partial charge in [0.25, 0.3) is 0 Å². The number of carbonyl (C=O) groups excluding carboxylic acids is 2. The fourth-order valence-electron chi connectivity index (χ4n) is 1.97. The number of phenolic OH excluding ortho intramolecular Hbond substituents is 1. The van der Waals surface area contributed by atoms with Crippen LogP contribution in [0.1, 0.15) is 24.0 Å². The standard InChI is InChI=1S/C16H18O.CO2/c17-16-12-10-15(11-13-16)9-5-4-8-14-6-2-1-3-7-14;2-1-3/h1-3,6-7,10-13,17H,4-5,8-9H2;. The topological polar surface area (TPSA) is 54.4 Å². The van der Waals surface area contributed by atoms with Gasteiger partial charge in [0.1, 0.15) is 5.75 Å². The third kappa shape index (κ3) is 6.53. The number of unbranched alkanes of at least 4 members (excludes halogenated alkanes) is 1. The number of phenols is 1. The number of aromatic hydroxyl groups is 1. The van der Waals surface area contributed by atoms with Gasteiger partial charge in [0.05, 0.1) is 0 Å². The number of aryl methyl sites for hydroxylation is 2. The second-order valence-electron chi connectivity index (χ2n) is 4.44. The van der Waals surface area contributed by atoms with E-state index >= 15 is 0 Å². The fraction of sp³-hybridized carbons (Fsp3) is 0.235. The number of rotatable bonds is 5. The maximum absolute atomic E-state index is 9.18. The summed E-state index contributed by atoms with van der Waals surface area (Å²) in [5.74, 6) is 0.345. The third-order valence-corrected chi connectivity index (χ3v) is 2.96. The molecule has 0 saturated carbocycles. The zero-order valence-electron chi connectivity index (χ0n) is 11.3. The summed E-state index contributed by atoms with van der Waals surface area (Å²) in [6, 6.07) is 18.1. The Labute approximate surface area is 118 Å². The zero-order valence-corrected chi connectivity index (χ0v) is 11.3. The van der Waals surface area contributed by atoms with Crippen molar-refractivity contribution in [1.29, 1.82) is 0 Å². The molecule has 0 aliphatic rings. The number of benzene rings is 2. The fourth-order valence-corrected chi connectivity index (χ4v) is 1.97. The Morgan fingerprint density at radius 3 is 1.70 bits per heavy atom. The van der Waals surface area contributed by atoms with E-state index in [9.17, 15) is 5.11 Å². The number of hydrogen-bond acceptors (Lipinski definition) is 3. The van der Waals surface area contributed by atoms with Gasteiger partial charge in [-0.1, -0.05) is 42.5 Å². The van der Waals surface area contributed by atoms with E-state index < -0.39 is 0 Å². The Morgan fingerprint density at radius 2 is 1.20 bits per heavy atom. The van der Waals surface area contributed by atoms with Crippen molar-refractivity contribution in [2.24, 2.45) is 0 Å². The Morgan fingerprint density at radius 1 is 0.750 bits per heavy atom. The van der Waals surface area contributed by atoms with Crippen LogP contribution in [-0.4, -0.2) is 11.3 Å². The lowest BCUT2D eigenvalue weighted by Crippen LogP contribution is -1.88. The average molecular weight is 270 g/mol. The van der Waals surface area contributed by atoms with Gasteiger partial charge in [0, 0.05) is 0 Å². The smallest absolute Gasteiger partial charge is 0.373 e. The van der Waals surface area contributed by atoms with Crippen molar-refractivity contribution >= 4 is 6.15 Å². The van der Waals surface area contributed by atoms with E-state index in [0.717, 1.165) is 12.8 Å². The third-order valence-electron chi connectivity index (χ3n) is 2.96. The van der Waals surface area contributed by atoms with Gasteiger partial charge in [0.15, 0.2) is 0 Å². The van der Waals surface area contributed by atoms with E-state index in [1.165, 1.54) is 24.0 Å². The first-order valence-electron chi connectivity index (χ1n) is 6.57. The SMILES string of the molecule is O=C=O.Oc1ccc(CCCCc2ccccc2)cc1. The normalized spacial score (nSPS) is 9.20. The maximum Gasteiger partial charge on any atom is 0.373 e. The minimum absolute atomic E-state index is 0.250. The van der Waals surface area contributed by atoms with Crippen LogP contribution >= 0.6 is 0 Å². The molecule has 0 atom stereocenters. The molecular weight excluding hydrogens is 252 g/mol. The summed E-state index contributed by atoms with van der Waals surface area (Å²) >= 11 is 0. The van der Waals surface area contributed by atoms with Crippen molar-refractivity contribution in [3.63, 3.8) is 0 Å². The molecule has 0 aliphatic carbocycles. The monoisotopic (exact) mass is 270 g/mol. The Hall–Kier alpha value is -2.38. The molecule has 0 saturated heterocycles. The van der Waals surface area contributed by atoms with E-state index in [2.05, 4.69) is 30.3 Å². The van der Waals surface area contributed by atoms with E-state index in [1.54, 1.807) is 12.1 Å². The summed E-state index contributed by atoms with van der Waals surface area (Å²) in [5, 5.41) is 9.18. The minimum atomic E-state index is 0.250. The molecule has 20 heavy (non-hydrogen) atoms. The molecule has 2 aromatic carbocycles. The predicted octanol–water partition coefficient (Wildman–Crippen LogP) is 3.37. The van der Waals surface area contributed by atoms with E-state index in [4.69, 9.17) is 9.59 Å². The molecule has 1 N–H and O–H groups in total. The molecule has 0 aliphatic heterocycles. The largest absolute Gasteiger partial charge is 0.508 e. The van der Waals surface area contributed by atoms with Crippen LogP contribution in [0.25, 0.3) is 0 Å². The van der Waals surface area contributed by atoms with Crippen LogP contribution in [0.15, 0.2) is 54.6 Å². The van der Waals surface area contributed by atoms with Crippen LogP contribution < -0.4 is 0 Å². The first-order valence-corrected chi connectivity index (χ1v) is 6.57. The van der Waals surface area contributed by atoms with Crippen LogP contribution in [0.4, 0.5) is 0 Å². The van der Waals surface area contributed by atoms with Gasteiger partial charge in [-0.3, -0.25) is 0 Å². The maximum atomic E-state index is 9.18. The Bertz CT molecular complexity index is 512. The molecule has 3 heteroatoms. The first kappa shape index (κ1) is 15.7. The van der Waals surface area contributed by atoms with Gasteiger partial charge in [0.2, 0.25) is 0 Å². The summed E-state index contributed by atoms with van der Waals surface area (Å²) < 4.78 is 0. The average Bonchev–Trinajstić information content (AvgIpc) is 2.47. The first-order chi connectivity index (χ1) is 9.76. The van der Waals surface area contributed by atoms with Crippen molar-refractivity contribution < 1.29 is 14.7 Å². The molecular formula is C17H18O3. The van der Waals surface area contributed by atoms with Gasteiger partial charge in [-0.25, -0.2) is 0 Å². The highest BCUT2D eigenvalue weighted by Crippen LogP contribution is 2.13. The van der Waals surface area contributed by atoms with Crippen molar-refractivity contribution in [3.8, 4) is 5.75 Å². The molecule has 0 radical (unpaired) electrons. The van der Waals surface area contributed by atoms with Crippen molar-refractivity contribution in [2.75, 3.05) is 0 Å². The molecule has 104 valence electrons. The molecule has 3 nitrogen and oxygen atoms in total. The molecule has 0 aromatic heterocycles. The quantitative estimate of drug-likeness (QED) is 0.847.